The number of ether oxygens (including phenoxy) is 1. The van der Waals surface area contributed by atoms with Gasteiger partial charge in [-0.05, 0) is 110 Å². The first-order chi connectivity index (χ1) is 28.3. The van der Waals surface area contributed by atoms with E-state index in [2.05, 4.69) is 0 Å². The summed E-state index contributed by atoms with van der Waals surface area (Å²) in [6.45, 7) is 3.88. The smallest absolute Gasteiger partial charge is 0.456 e. The number of carbonyl (C=O) groups excluding carboxylic acids is 2. The molecule has 2 saturated carbocycles. The summed E-state index contributed by atoms with van der Waals surface area (Å²) in [5.41, 5.74) is 3.52. The van der Waals surface area contributed by atoms with Gasteiger partial charge in [-0.2, -0.15) is 0 Å². The maximum Gasteiger partial charge on any atom is 4.00 e. The third-order valence-corrected chi connectivity index (χ3v) is 10.5. The number of nitrogens with zero attached hydrogens (tertiary/aromatic N) is 4. The fraction of sp³-hybridized carbons (Fsp3) is 0.286. The molecule has 1 saturated heterocycles. The average molecular weight is 903 g/mol. The van der Waals surface area contributed by atoms with Crippen LogP contribution in [-0.4, -0.2) is 50.0 Å². The maximum absolute atomic E-state index is 13.1. The number of fused-ring (bicyclic) bond motifs is 1. The van der Waals surface area contributed by atoms with Crippen LogP contribution in [0.1, 0.15) is 82.3 Å². The van der Waals surface area contributed by atoms with E-state index in [1.54, 1.807) is 78.4 Å². The number of benzene rings is 3. The topological polar surface area (TPSA) is 59.7 Å². The number of thiocarbonyl (C=S) groups is 1. The Hall–Kier alpha value is -5.04. The predicted molar refractivity (Wildman–Crippen MR) is 239 cm³/mol. The summed E-state index contributed by atoms with van der Waals surface area (Å²) >= 11 is 5.09. The van der Waals surface area contributed by atoms with Crippen LogP contribution < -0.4 is 4.74 Å². The van der Waals surface area contributed by atoms with E-state index in [4.69, 9.17) is 17.0 Å². The van der Waals surface area contributed by atoms with Gasteiger partial charge in [-0.25, -0.2) is 17.6 Å². The third kappa shape index (κ3) is 14.3. The molecule has 0 spiro atoms. The molecule has 2 aliphatic heterocycles. The molecule has 4 aliphatic rings. The Morgan fingerprint density at radius 2 is 1.00 bits per heavy atom. The number of halogens is 4. The average Bonchev–Trinajstić information content (AvgIpc) is 4.07. The minimum atomic E-state index is -0.687. The van der Waals surface area contributed by atoms with Crippen molar-refractivity contribution in [3.05, 3.63) is 170 Å². The van der Waals surface area contributed by atoms with Crippen LogP contribution >= 0.6 is 12.2 Å². The number of hydrogen-bond acceptors (Lipinski definition) is 4. The molecule has 13 heteroatoms. The Bertz CT molecular complexity index is 2150. The molecule has 2 amide bonds. The van der Waals surface area contributed by atoms with E-state index in [1.165, 1.54) is 98.3 Å². The zero-order chi connectivity index (χ0) is 42.5. The fourth-order valence-corrected chi connectivity index (χ4v) is 6.82. The maximum atomic E-state index is 13.1. The van der Waals surface area contributed by atoms with Crippen LogP contribution in [0, 0.1) is 57.2 Å². The Kier molecular flexibility index (Phi) is 22.1. The Balaban J connectivity index is 0.000000291. The summed E-state index contributed by atoms with van der Waals surface area (Å²) in [5.74, 6) is -2.74. The molecule has 3 fully saturated rings. The fourth-order valence-electron chi connectivity index (χ4n) is 6.65. The van der Waals surface area contributed by atoms with E-state index < -0.39 is 35.1 Å². The van der Waals surface area contributed by atoms with Crippen molar-refractivity contribution in [1.29, 1.82) is 0 Å². The van der Waals surface area contributed by atoms with E-state index in [1.807, 2.05) is 44.2 Å². The molecule has 2 aliphatic carbocycles. The summed E-state index contributed by atoms with van der Waals surface area (Å²) in [4.78, 5) is 27.6. The molecular weight excluding hydrogens is 848 g/mol. The number of hydrogen-bond donors (Lipinski definition) is 0. The van der Waals surface area contributed by atoms with Crippen molar-refractivity contribution in [3.8, 4) is 17.1 Å². The summed E-state index contributed by atoms with van der Waals surface area (Å²) in [6.07, 6.45) is 23.5. The number of allylic oxidation sites excluding steroid dienone is 2. The minimum Gasteiger partial charge on any atom is -0.456 e. The molecule has 0 atom stereocenters. The molecular formula is C49H54F4N4O3STi. The monoisotopic (exact) mass is 902 g/mol. The van der Waals surface area contributed by atoms with Crippen LogP contribution in [0.3, 0.4) is 0 Å². The molecule has 7 nitrogen and oxygen atoms in total. The molecule has 62 heavy (non-hydrogen) atoms. The van der Waals surface area contributed by atoms with Crippen LogP contribution in [0.25, 0.3) is 16.9 Å². The first-order valence-corrected chi connectivity index (χ1v) is 20.1. The van der Waals surface area contributed by atoms with Gasteiger partial charge >= 0.3 is 21.7 Å². The number of carbonyl (C=O) groups is 2. The standard InChI is InChI=1S/C17H16N2O3S.2C10H6F2N.2C5H10.2CH3.Ti/c1-9-5-6-11-10(2)8-13(22-12(11)7-9)14-15(20)18(3)17(23)19(4)16(14)21;2*11-8-3-4-10(9(12)7-8)13-5-1-2-6-13;2*1-2-4-5-3-1;;;/h5-8H,1-4H3;2*1-6H;2*1-5H2;2*1H3;/q;2*-1;;;2*-1;+4. The second kappa shape index (κ2) is 25.8. The van der Waals surface area contributed by atoms with Gasteiger partial charge in [0.15, 0.2) is 5.11 Å². The molecule has 0 radical (unpaired) electrons. The van der Waals surface area contributed by atoms with Crippen LogP contribution in [0.15, 0.2) is 109 Å². The van der Waals surface area contributed by atoms with Crippen molar-refractivity contribution in [2.45, 2.75) is 78.1 Å². The van der Waals surface area contributed by atoms with Gasteiger partial charge < -0.3 is 28.7 Å². The Morgan fingerprint density at radius 1 is 0.613 bits per heavy atom. The van der Waals surface area contributed by atoms with Crippen LogP contribution in [0.2, 0.25) is 0 Å². The number of likely N-dealkylation sites (N-methyl/N-ethyl adjacent to an activating group) is 2. The van der Waals surface area contributed by atoms with Crippen LogP contribution in [0.4, 0.5) is 17.6 Å². The van der Waals surface area contributed by atoms with Crippen molar-refractivity contribution < 1.29 is 53.6 Å². The summed E-state index contributed by atoms with van der Waals surface area (Å²) < 4.78 is 60.1. The van der Waals surface area contributed by atoms with Gasteiger partial charge in [-0.15, -0.1) is 36.4 Å². The van der Waals surface area contributed by atoms with E-state index >= 15 is 0 Å². The van der Waals surface area contributed by atoms with Crippen molar-refractivity contribution in [1.82, 2.24) is 18.9 Å². The van der Waals surface area contributed by atoms with Crippen molar-refractivity contribution in [2.24, 2.45) is 0 Å². The molecule has 5 aromatic rings. The van der Waals surface area contributed by atoms with Gasteiger partial charge in [0, 0.05) is 42.9 Å². The molecule has 0 unspecified atom stereocenters. The number of amides is 2. The molecule has 0 N–H and O–H groups in total. The van der Waals surface area contributed by atoms with Gasteiger partial charge in [-0.1, -0.05) is 76.3 Å². The molecule has 326 valence electrons. The largest absolute Gasteiger partial charge is 4.00 e. The van der Waals surface area contributed by atoms with E-state index in [0.717, 1.165) is 16.7 Å². The Labute approximate surface area is 385 Å². The molecule has 9 rings (SSSR count). The van der Waals surface area contributed by atoms with Gasteiger partial charge in [0.05, 0.1) is 0 Å². The SMILES string of the molecule is C1CCCC1.C1CCCC1.CC1=CC(=C2C(=O)N(C)C(=S)N(C)C2=O)Oc2cc(C)ccc21.Fc1[c-]c(F)c(-n2cccc2)cc1.Fc1[c-]c(F)c(-n2cccc2)cc1.[CH3-].[CH3-].[Ti+4]. The third-order valence-electron chi connectivity index (χ3n) is 9.94. The zero-order valence-electron chi connectivity index (χ0n) is 36.2. The van der Waals surface area contributed by atoms with E-state index in [9.17, 15) is 27.2 Å². The number of rotatable bonds is 2. The summed E-state index contributed by atoms with van der Waals surface area (Å²) in [5, 5.41) is 0.178. The van der Waals surface area contributed by atoms with Gasteiger partial charge in [-0.3, -0.25) is 19.4 Å². The molecule has 2 aromatic heterocycles. The summed E-state index contributed by atoms with van der Waals surface area (Å²) in [7, 11) is 3.09. The van der Waals surface area contributed by atoms with E-state index in [-0.39, 0.29) is 53.0 Å². The van der Waals surface area contributed by atoms with Crippen LogP contribution in [-0.2, 0) is 31.3 Å². The number of aromatic nitrogens is 2. The van der Waals surface area contributed by atoms with Crippen molar-refractivity contribution in [3.63, 3.8) is 0 Å². The summed E-state index contributed by atoms with van der Waals surface area (Å²) in [6, 6.07) is 22.0. The van der Waals surface area contributed by atoms with Gasteiger partial charge in [0.25, 0.3) is 11.8 Å². The predicted octanol–water partition coefficient (Wildman–Crippen LogP) is 12.2. The molecule has 4 heterocycles. The Morgan fingerprint density at radius 3 is 1.37 bits per heavy atom. The quantitative estimate of drug-likeness (QED) is 0.0442. The van der Waals surface area contributed by atoms with Crippen molar-refractivity contribution >= 4 is 34.7 Å². The zero-order valence-corrected chi connectivity index (χ0v) is 38.6. The normalized spacial score (nSPS) is 14.9. The second-order valence-corrected chi connectivity index (χ2v) is 14.8. The first kappa shape index (κ1) is 53.1. The van der Waals surface area contributed by atoms with E-state index in [0.29, 0.717) is 17.1 Å². The molecule has 3 aromatic carbocycles. The van der Waals surface area contributed by atoms with Crippen molar-refractivity contribution in [2.75, 3.05) is 14.1 Å². The minimum absolute atomic E-state index is 0. The second-order valence-electron chi connectivity index (χ2n) is 14.4. The molecule has 0 bridgehead atoms. The first-order valence-electron chi connectivity index (χ1n) is 19.7. The van der Waals surface area contributed by atoms with Gasteiger partial charge in [0.1, 0.15) is 17.1 Å². The van der Waals surface area contributed by atoms with Gasteiger partial charge in [0.2, 0.25) is 0 Å². The van der Waals surface area contributed by atoms with Crippen LogP contribution in [0.5, 0.6) is 5.75 Å². The number of aryl methyl sites for hydroxylation is 1.